The quantitative estimate of drug-likeness (QED) is 0.849. The zero-order valence-electron chi connectivity index (χ0n) is 10.7. The number of benzene rings is 1. The molecule has 1 saturated carbocycles. The lowest BCUT2D eigenvalue weighted by atomic mass is 10.1. The van der Waals surface area contributed by atoms with Crippen LogP contribution in [0.3, 0.4) is 0 Å². The predicted molar refractivity (Wildman–Crippen MR) is 72.4 cm³/mol. The van der Waals surface area contributed by atoms with E-state index >= 15 is 0 Å². The normalized spacial score (nSPS) is 16.2. The van der Waals surface area contributed by atoms with E-state index in [9.17, 15) is 8.42 Å². The second kappa shape index (κ2) is 5.38. The lowest BCUT2D eigenvalue weighted by molar-refractivity contribution is 0.420. The maximum Gasteiger partial charge on any atom is 0.218 e. The number of hydrogen-bond donors (Lipinski definition) is 1. The van der Waals surface area contributed by atoms with Gasteiger partial charge in [0, 0.05) is 19.1 Å². The van der Waals surface area contributed by atoms with E-state index in [1.165, 1.54) is 0 Å². The number of hydrogen-bond acceptors (Lipinski definition) is 3. The van der Waals surface area contributed by atoms with Gasteiger partial charge in [0.25, 0.3) is 0 Å². The van der Waals surface area contributed by atoms with Crippen LogP contribution in [-0.4, -0.2) is 25.3 Å². The van der Waals surface area contributed by atoms with Gasteiger partial charge in [0.2, 0.25) is 10.0 Å². The molecule has 2 rings (SSSR count). The highest BCUT2D eigenvalue weighted by Crippen LogP contribution is 2.30. The van der Waals surface area contributed by atoms with Crippen LogP contribution in [0.2, 0.25) is 0 Å². The van der Waals surface area contributed by atoms with Gasteiger partial charge in [-0.3, -0.25) is 0 Å². The van der Waals surface area contributed by atoms with Gasteiger partial charge in [0.05, 0.1) is 5.75 Å². The smallest absolute Gasteiger partial charge is 0.218 e. The molecule has 1 aromatic carbocycles. The van der Waals surface area contributed by atoms with Crippen molar-refractivity contribution in [3.63, 3.8) is 0 Å². The molecular formula is C13H20N2O2S. The molecule has 0 heterocycles. The van der Waals surface area contributed by atoms with Crippen LogP contribution < -0.4 is 5.73 Å². The third-order valence-corrected chi connectivity index (χ3v) is 5.25. The molecule has 0 radical (unpaired) electrons. The van der Waals surface area contributed by atoms with Crippen LogP contribution in [-0.2, 0) is 22.3 Å². The summed E-state index contributed by atoms with van der Waals surface area (Å²) in [4.78, 5) is 0. The first-order valence-electron chi connectivity index (χ1n) is 6.35. The first kappa shape index (κ1) is 13.5. The highest BCUT2D eigenvalue weighted by atomic mass is 32.2. The maximum absolute atomic E-state index is 12.4. The first-order chi connectivity index (χ1) is 8.58. The lowest BCUT2D eigenvalue weighted by Gasteiger charge is -2.20. The van der Waals surface area contributed by atoms with Crippen LogP contribution >= 0.6 is 0 Å². The monoisotopic (exact) mass is 268 g/mol. The van der Waals surface area contributed by atoms with Crippen molar-refractivity contribution in [2.75, 3.05) is 6.54 Å². The summed E-state index contributed by atoms with van der Waals surface area (Å²) in [7, 11) is -3.22. The zero-order chi connectivity index (χ0) is 13.2. The SMILES string of the molecule is CCN(C1CC1)S(=O)(=O)Cc1ccccc1CN. The maximum atomic E-state index is 12.4. The molecule has 0 atom stereocenters. The van der Waals surface area contributed by atoms with Crippen molar-refractivity contribution in [2.24, 2.45) is 5.73 Å². The second-order valence-electron chi connectivity index (χ2n) is 4.66. The number of sulfonamides is 1. The molecule has 1 fully saturated rings. The van der Waals surface area contributed by atoms with Crippen LogP contribution in [0.25, 0.3) is 0 Å². The average molecular weight is 268 g/mol. The molecule has 1 aliphatic carbocycles. The molecule has 0 amide bonds. The van der Waals surface area contributed by atoms with Gasteiger partial charge < -0.3 is 5.73 Å². The molecule has 1 aromatic rings. The molecule has 5 heteroatoms. The van der Waals surface area contributed by atoms with Crippen molar-refractivity contribution >= 4 is 10.0 Å². The molecule has 1 aliphatic rings. The van der Waals surface area contributed by atoms with Gasteiger partial charge >= 0.3 is 0 Å². The number of nitrogens with zero attached hydrogens (tertiary/aromatic N) is 1. The largest absolute Gasteiger partial charge is 0.326 e. The Morgan fingerprint density at radius 3 is 2.39 bits per heavy atom. The summed E-state index contributed by atoms with van der Waals surface area (Å²) in [5.41, 5.74) is 7.37. The number of nitrogens with two attached hydrogens (primary N) is 1. The molecule has 18 heavy (non-hydrogen) atoms. The van der Waals surface area contributed by atoms with E-state index in [1.54, 1.807) is 4.31 Å². The minimum atomic E-state index is -3.22. The van der Waals surface area contributed by atoms with E-state index in [2.05, 4.69) is 0 Å². The number of rotatable bonds is 6. The Bertz CT molecular complexity index is 509. The van der Waals surface area contributed by atoms with E-state index in [1.807, 2.05) is 31.2 Å². The van der Waals surface area contributed by atoms with Crippen LogP contribution in [0.5, 0.6) is 0 Å². The van der Waals surface area contributed by atoms with E-state index < -0.39 is 10.0 Å². The Morgan fingerprint density at radius 2 is 1.89 bits per heavy atom. The van der Waals surface area contributed by atoms with Crippen molar-refractivity contribution in [3.8, 4) is 0 Å². The topological polar surface area (TPSA) is 63.4 Å². The standard InChI is InChI=1S/C13H20N2O2S/c1-2-15(13-7-8-13)18(16,17)10-12-6-4-3-5-11(12)9-14/h3-6,13H,2,7-10,14H2,1H3. The van der Waals surface area contributed by atoms with Crippen molar-refractivity contribution in [1.29, 1.82) is 0 Å². The summed E-state index contributed by atoms with van der Waals surface area (Å²) in [6.07, 6.45) is 1.98. The Morgan fingerprint density at radius 1 is 1.28 bits per heavy atom. The molecule has 0 aromatic heterocycles. The minimum Gasteiger partial charge on any atom is -0.326 e. The van der Waals surface area contributed by atoms with E-state index in [0.29, 0.717) is 13.1 Å². The fraction of sp³-hybridized carbons (Fsp3) is 0.538. The summed E-state index contributed by atoms with van der Waals surface area (Å²) in [6, 6.07) is 7.71. The summed E-state index contributed by atoms with van der Waals surface area (Å²) in [5.74, 6) is 0.0602. The van der Waals surface area contributed by atoms with E-state index in [4.69, 9.17) is 5.73 Å². The van der Waals surface area contributed by atoms with Crippen LogP contribution in [0, 0.1) is 0 Å². The average Bonchev–Trinajstić information content (AvgIpc) is 3.14. The van der Waals surface area contributed by atoms with Crippen molar-refractivity contribution in [1.82, 2.24) is 4.31 Å². The van der Waals surface area contributed by atoms with Gasteiger partial charge in [-0.25, -0.2) is 8.42 Å². The first-order valence-corrected chi connectivity index (χ1v) is 7.95. The predicted octanol–water partition coefficient (Wildman–Crippen LogP) is 1.46. The van der Waals surface area contributed by atoms with Crippen molar-refractivity contribution < 1.29 is 8.42 Å². The van der Waals surface area contributed by atoms with Gasteiger partial charge in [0.1, 0.15) is 0 Å². The Hall–Kier alpha value is -0.910. The summed E-state index contributed by atoms with van der Waals surface area (Å²) in [6.45, 7) is 2.82. The van der Waals surface area contributed by atoms with Crippen LogP contribution in [0.15, 0.2) is 24.3 Å². The highest BCUT2D eigenvalue weighted by Gasteiger charge is 2.36. The van der Waals surface area contributed by atoms with E-state index in [0.717, 1.165) is 24.0 Å². The van der Waals surface area contributed by atoms with Gasteiger partial charge in [-0.2, -0.15) is 4.31 Å². The van der Waals surface area contributed by atoms with Crippen molar-refractivity contribution in [2.45, 2.75) is 38.1 Å². The third-order valence-electron chi connectivity index (χ3n) is 3.30. The summed E-state index contributed by atoms with van der Waals surface area (Å²) >= 11 is 0. The Kier molecular flexibility index (Phi) is 4.04. The molecule has 0 bridgehead atoms. The Balaban J connectivity index is 2.21. The fourth-order valence-electron chi connectivity index (χ4n) is 2.22. The van der Waals surface area contributed by atoms with E-state index in [-0.39, 0.29) is 11.8 Å². The Labute approximate surface area is 109 Å². The molecule has 4 nitrogen and oxygen atoms in total. The van der Waals surface area contributed by atoms with Crippen LogP contribution in [0.4, 0.5) is 0 Å². The summed E-state index contributed by atoms with van der Waals surface area (Å²) in [5, 5.41) is 0. The van der Waals surface area contributed by atoms with Gasteiger partial charge in [-0.15, -0.1) is 0 Å². The molecule has 100 valence electrons. The zero-order valence-corrected chi connectivity index (χ0v) is 11.5. The molecular weight excluding hydrogens is 248 g/mol. The lowest BCUT2D eigenvalue weighted by Crippen LogP contribution is -2.34. The highest BCUT2D eigenvalue weighted by molar-refractivity contribution is 7.88. The van der Waals surface area contributed by atoms with Crippen molar-refractivity contribution in [3.05, 3.63) is 35.4 Å². The minimum absolute atomic E-state index is 0.0602. The molecule has 0 aliphatic heterocycles. The summed E-state index contributed by atoms with van der Waals surface area (Å²) < 4.78 is 26.4. The molecule has 0 saturated heterocycles. The molecule has 0 spiro atoms. The molecule has 2 N–H and O–H groups in total. The third kappa shape index (κ3) is 2.91. The van der Waals surface area contributed by atoms with Crippen LogP contribution in [0.1, 0.15) is 30.9 Å². The fourth-order valence-corrected chi connectivity index (χ4v) is 4.12. The van der Waals surface area contributed by atoms with Gasteiger partial charge in [0.15, 0.2) is 0 Å². The van der Waals surface area contributed by atoms with Gasteiger partial charge in [-0.05, 0) is 24.0 Å². The van der Waals surface area contributed by atoms with Gasteiger partial charge in [-0.1, -0.05) is 31.2 Å². The molecule has 0 unspecified atom stereocenters. The second-order valence-corrected chi connectivity index (χ2v) is 6.59.